The van der Waals surface area contributed by atoms with Crippen molar-refractivity contribution < 1.29 is 9.47 Å². The summed E-state index contributed by atoms with van der Waals surface area (Å²) >= 11 is 0. The molecule has 4 heteroatoms. The van der Waals surface area contributed by atoms with Crippen molar-refractivity contribution in [3.63, 3.8) is 0 Å². The van der Waals surface area contributed by atoms with Gasteiger partial charge in [0.2, 0.25) is 0 Å². The average molecular weight is 320 g/mol. The number of likely N-dealkylation sites (tertiary alicyclic amines) is 1. The summed E-state index contributed by atoms with van der Waals surface area (Å²) in [5.74, 6) is 2.81. The molecule has 1 aromatic rings. The number of nitrogens with zero attached hydrogens (tertiary/aromatic N) is 1. The van der Waals surface area contributed by atoms with Crippen LogP contribution in [0.2, 0.25) is 0 Å². The molecule has 1 aliphatic rings. The number of nitrogens with two attached hydrogens (primary N) is 1. The van der Waals surface area contributed by atoms with E-state index in [0.29, 0.717) is 31.6 Å². The van der Waals surface area contributed by atoms with Crippen LogP contribution in [0.3, 0.4) is 0 Å². The van der Waals surface area contributed by atoms with Crippen LogP contribution in [-0.4, -0.2) is 44.3 Å². The van der Waals surface area contributed by atoms with Crippen molar-refractivity contribution >= 4 is 0 Å². The third-order valence-electron chi connectivity index (χ3n) is 4.90. The van der Waals surface area contributed by atoms with E-state index in [1.54, 1.807) is 0 Å². The van der Waals surface area contributed by atoms with Crippen molar-refractivity contribution in [3.8, 4) is 11.5 Å². The Morgan fingerprint density at radius 3 is 2.39 bits per heavy atom. The number of ether oxygens (including phenoxy) is 2. The minimum atomic E-state index is 0.367. The minimum Gasteiger partial charge on any atom is -0.494 e. The van der Waals surface area contributed by atoms with Crippen LogP contribution >= 0.6 is 0 Å². The molecule has 1 aliphatic heterocycles. The molecule has 1 saturated heterocycles. The second-order valence-electron chi connectivity index (χ2n) is 6.18. The van der Waals surface area contributed by atoms with Gasteiger partial charge in [0.25, 0.3) is 0 Å². The van der Waals surface area contributed by atoms with Gasteiger partial charge in [-0.3, -0.25) is 0 Å². The average Bonchev–Trinajstić information content (AvgIpc) is 2.58. The van der Waals surface area contributed by atoms with E-state index in [1.807, 2.05) is 26.0 Å². The summed E-state index contributed by atoms with van der Waals surface area (Å²) in [5.41, 5.74) is 7.41. The van der Waals surface area contributed by atoms with Crippen LogP contribution in [0.25, 0.3) is 0 Å². The van der Waals surface area contributed by atoms with E-state index in [0.717, 1.165) is 18.0 Å². The van der Waals surface area contributed by atoms with E-state index in [9.17, 15) is 0 Å². The first-order valence-electron chi connectivity index (χ1n) is 9.05. The molecule has 4 nitrogen and oxygen atoms in total. The molecule has 1 heterocycles. The van der Waals surface area contributed by atoms with Gasteiger partial charge in [-0.1, -0.05) is 13.0 Å². The molecule has 1 aromatic carbocycles. The highest BCUT2D eigenvalue weighted by atomic mass is 16.5. The number of rotatable bonds is 8. The third-order valence-corrected chi connectivity index (χ3v) is 4.90. The molecule has 0 amide bonds. The Hall–Kier alpha value is -1.26. The minimum absolute atomic E-state index is 0.367. The van der Waals surface area contributed by atoms with E-state index in [4.69, 9.17) is 15.2 Å². The molecule has 0 radical (unpaired) electrons. The van der Waals surface area contributed by atoms with Gasteiger partial charge in [0.1, 0.15) is 11.5 Å². The molecule has 1 atom stereocenters. The van der Waals surface area contributed by atoms with Crippen LogP contribution < -0.4 is 15.2 Å². The lowest BCUT2D eigenvalue weighted by Gasteiger charge is -2.36. The summed E-state index contributed by atoms with van der Waals surface area (Å²) in [6.07, 6.45) is 2.43. The lowest BCUT2D eigenvalue weighted by Crippen LogP contribution is -2.37. The van der Waals surface area contributed by atoms with Crippen LogP contribution in [0.1, 0.15) is 45.1 Å². The first-order chi connectivity index (χ1) is 11.2. The number of benzene rings is 1. The van der Waals surface area contributed by atoms with Gasteiger partial charge in [-0.25, -0.2) is 0 Å². The molecule has 0 aliphatic carbocycles. The highest BCUT2D eigenvalue weighted by Crippen LogP contribution is 2.38. The van der Waals surface area contributed by atoms with Crippen molar-refractivity contribution in [2.75, 3.05) is 39.4 Å². The molecular weight excluding hydrogens is 288 g/mol. The Kier molecular flexibility index (Phi) is 7.18. The fourth-order valence-corrected chi connectivity index (χ4v) is 3.60. The predicted molar refractivity (Wildman–Crippen MR) is 95.4 cm³/mol. The van der Waals surface area contributed by atoms with Gasteiger partial charge in [0, 0.05) is 12.0 Å². The second-order valence-corrected chi connectivity index (χ2v) is 6.18. The van der Waals surface area contributed by atoms with Gasteiger partial charge in [0.15, 0.2) is 0 Å². The van der Waals surface area contributed by atoms with Gasteiger partial charge in [-0.2, -0.15) is 0 Å². The number of hydrogen-bond donors (Lipinski definition) is 1. The molecule has 130 valence electrons. The topological polar surface area (TPSA) is 47.7 Å². The Bertz CT molecular complexity index is 470. The maximum Gasteiger partial charge on any atom is 0.126 e. The predicted octanol–water partition coefficient (Wildman–Crippen LogP) is 3.26. The van der Waals surface area contributed by atoms with E-state index in [2.05, 4.69) is 17.9 Å². The standard InChI is InChI=1S/C19H32N2O2/c1-4-21-11-9-15(10-12-21)18(14-20)17-8-7-16(22-5-2)13-19(17)23-6-3/h7-8,13,15,18H,4-6,9-12,14,20H2,1-3H3. The van der Waals surface area contributed by atoms with E-state index >= 15 is 0 Å². The van der Waals surface area contributed by atoms with Gasteiger partial charge < -0.3 is 20.1 Å². The van der Waals surface area contributed by atoms with Gasteiger partial charge >= 0.3 is 0 Å². The Labute approximate surface area is 140 Å². The van der Waals surface area contributed by atoms with E-state index < -0.39 is 0 Å². The van der Waals surface area contributed by atoms with E-state index in [1.165, 1.54) is 31.5 Å². The molecule has 0 saturated carbocycles. The summed E-state index contributed by atoms with van der Waals surface area (Å²) in [5, 5.41) is 0. The second kappa shape index (κ2) is 9.14. The molecule has 1 fully saturated rings. The molecule has 1 unspecified atom stereocenters. The molecule has 0 aromatic heterocycles. The summed E-state index contributed by atoms with van der Waals surface area (Å²) in [4.78, 5) is 2.52. The van der Waals surface area contributed by atoms with Crippen LogP contribution in [-0.2, 0) is 0 Å². The van der Waals surface area contributed by atoms with Crippen molar-refractivity contribution in [2.24, 2.45) is 11.7 Å². The zero-order chi connectivity index (χ0) is 16.7. The molecular formula is C19H32N2O2. The first-order valence-corrected chi connectivity index (χ1v) is 9.05. The zero-order valence-corrected chi connectivity index (χ0v) is 14.9. The Morgan fingerprint density at radius 2 is 1.83 bits per heavy atom. The van der Waals surface area contributed by atoms with Crippen molar-refractivity contribution in [2.45, 2.75) is 39.5 Å². The van der Waals surface area contributed by atoms with Gasteiger partial charge in [-0.15, -0.1) is 0 Å². The summed E-state index contributed by atoms with van der Waals surface area (Å²) < 4.78 is 11.5. The molecule has 0 bridgehead atoms. The van der Waals surface area contributed by atoms with Crippen LogP contribution in [0, 0.1) is 5.92 Å². The molecule has 2 rings (SSSR count). The maximum atomic E-state index is 6.16. The summed E-state index contributed by atoms with van der Waals surface area (Å²) in [6, 6.07) is 6.22. The van der Waals surface area contributed by atoms with Crippen LogP contribution in [0.4, 0.5) is 0 Å². The maximum absolute atomic E-state index is 6.16. The monoisotopic (exact) mass is 320 g/mol. The number of piperidine rings is 1. The quantitative estimate of drug-likeness (QED) is 0.799. The fourth-order valence-electron chi connectivity index (χ4n) is 3.60. The Balaban J connectivity index is 2.19. The zero-order valence-electron chi connectivity index (χ0n) is 14.9. The lowest BCUT2D eigenvalue weighted by atomic mass is 9.79. The third kappa shape index (κ3) is 4.61. The normalized spacial score (nSPS) is 17.9. The highest BCUT2D eigenvalue weighted by Gasteiger charge is 2.28. The lowest BCUT2D eigenvalue weighted by molar-refractivity contribution is 0.175. The number of hydrogen-bond acceptors (Lipinski definition) is 4. The van der Waals surface area contributed by atoms with Gasteiger partial charge in [-0.05, 0) is 70.4 Å². The van der Waals surface area contributed by atoms with Crippen LogP contribution in [0.5, 0.6) is 11.5 Å². The smallest absolute Gasteiger partial charge is 0.126 e. The van der Waals surface area contributed by atoms with Crippen molar-refractivity contribution in [1.29, 1.82) is 0 Å². The largest absolute Gasteiger partial charge is 0.494 e. The van der Waals surface area contributed by atoms with Crippen molar-refractivity contribution in [1.82, 2.24) is 4.90 Å². The SMILES string of the molecule is CCOc1ccc(C(CN)C2CCN(CC)CC2)c(OCC)c1. The van der Waals surface area contributed by atoms with Crippen molar-refractivity contribution in [3.05, 3.63) is 23.8 Å². The molecule has 0 spiro atoms. The van der Waals surface area contributed by atoms with Gasteiger partial charge in [0.05, 0.1) is 13.2 Å². The summed E-state index contributed by atoms with van der Waals surface area (Å²) in [7, 11) is 0. The molecule has 2 N–H and O–H groups in total. The van der Waals surface area contributed by atoms with E-state index in [-0.39, 0.29) is 0 Å². The first kappa shape index (κ1) is 18.1. The fraction of sp³-hybridized carbons (Fsp3) is 0.684. The van der Waals surface area contributed by atoms with Crippen LogP contribution in [0.15, 0.2) is 18.2 Å². The highest BCUT2D eigenvalue weighted by molar-refractivity contribution is 5.43. The summed E-state index contributed by atoms with van der Waals surface area (Å²) in [6.45, 7) is 11.8. The Morgan fingerprint density at radius 1 is 1.13 bits per heavy atom. The molecule has 23 heavy (non-hydrogen) atoms.